The lowest BCUT2D eigenvalue weighted by atomic mass is 9.94. The first kappa shape index (κ1) is 33.4. The fourth-order valence-corrected chi connectivity index (χ4v) is 6.35. The number of nitrogens with one attached hydrogen (secondary N) is 2. The Labute approximate surface area is 271 Å². The molecule has 4 aliphatic heterocycles. The van der Waals surface area contributed by atoms with Crippen molar-refractivity contribution in [1.82, 2.24) is 10.6 Å². The summed E-state index contributed by atoms with van der Waals surface area (Å²) in [5, 5.41) is 15.4. The smallest absolute Gasteiger partial charge is 0.332 e. The van der Waals surface area contributed by atoms with Gasteiger partial charge in [-0.3, -0.25) is 9.59 Å². The predicted molar refractivity (Wildman–Crippen MR) is 160 cm³/mol. The fourth-order valence-electron chi connectivity index (χ4n) is 6.35. The summed E-state index contributed by atoms with van der Waals surface area (Å²) in [5.74, 6) is -1.95. The lowest BCUT2D eigenvalue weighted by molar-refractivity contribution is -0.363. The lowest BCUT2D eigenvalue weighted by Gasteiger charge is -2.51. The van der Waals surface area contributed by atoms with Crippen LogP contribution in [-0.4, -0.2) is 103 Å². The molecule has 14 nitrogen and oxygen atoms in total. The van der Waals surface area contributed by atoms with Gasteiger partial charge in [-0.15, -0.1) is 0 Å². The van der Waals surface area contributed by atoms with Gasteiger partial charge in [0.15, 0.2) is 25.0 Å². The van der Waals surface area contributed by atoms with E-state index in [0.717, 1.165) is 11.1 Å². The molecule has 2 aromatic rings. The molecule has 0 saturated carbocycles. The van der Waals surface area contributed by atoms with Crippen molar-refractivity contribution in [3.05, 3.63) is 71.8 Å². The molecule has 4 heterocycles. The zero-order chi connectivity index (χ0) is 33.1. The number of carboxylic acid groups (broad SMARTS) is 1. The molecular weight excluding hydrogens is 616 g/mol. The molecule has 4 saturated heterocycles. The number of hydrogen-bond acceptors (Lipinski definition) is 11. The van der Waals surface area contributed by atoms with Crippen molar-refractivity contribution in [3.63, 3.8) is 0 Å². The van der Waals surface area contributed by atoms with Crippen LogP contribution in [0.4, 0.5) is 0 Å². The molecule has 2 amide bonds. The Balaban J connectivity index is 1.32. The van der Waals surface area contributed by atoms with Gasteiger partial charge in [0.05, 0.1) is 19.8 Å². The van der Waals surface area contributed by atoms with Crippen LogP contribution in [0.5, 0.6) is 0 Å². The number of ether oxygens (including phenoxy) is 8. The third-order valence-corrected chi connectivity index (χ3v) is 8.51. The highest BCUT2D eigenvalue weighted by Crippen LogP contribution is 2.39. The van der Waals surface area contributed by atoms with E-state index in [4.69, 9.17) is 37.9 Å². The van der Waals surface area contributed by atoms with Crippen molar-refractivity contribution in [1.29, 1.82) is 0 Å². The number of benzene rings is 2. The van der Waals surface area contributed by atoms with Gasteiger partial charge >= 0.3 is 5.97 Å². The molecule has 6 rings (SSSR count). The molecule has 2 bridgehead atoms. The molecule has 47 heavy (non-hydrogen) atoms. The van der Waals surface area contributed by atoms with Crippen molar-refractivity contribution >= 4 is 17.8 Å². The summed E-state index contributed by atoms with van der Waals surface area (Å²) >= 11 is 0. The van der Waals surface area contributed by atoms with Crippen LogP contribution >= 0.6 is 0 Å². The van der Waals surface area contributed by atoms with Gasteiger partial charge in [0.1, 0.15) is 48.7 Å². The number of amides is 2. The van der Waals surface area contributed by atoms with Crippen molar-refractivity contribution in [2.24, 2.45) is 0 Å². The Morgan fingerprint density at radius 2 is 1.49 bits per heavy atom. The molecule has 2 aromatic carbocycles. The molecule has 4 fully saturated rings. The van der Waals surface area contributed by atoms with Gasteiger partial charge in [0.25, 0.3) is 0 Å². The van der Waals surface area contributed by atoms with Crippen molar-refractivity contribution in [3.8, 4) is 0 Å². The summed E-state index contributed by atoms with van der Waals surface area (Å²) in [7, 11) is 0. The van der Waals surface area contributed by atoms with Gasteiger partial charge in [0, 0.05) is 19.4 Å². The Morgan fingerprint density at radius 1 is 0.830 bits per heavy atom. The first-order valence-electron chi connectivity index (χ1n) is 15.7. The van der Waals surface area contributed by atoms with Crippen LogP contribution in [0.3, 0.4) is 0 Å². The second kappa shape index (κ2) is 14.7. The van der Waals surface area contributed by atoms with Crippen LogP contribution in [0.25, 0.3) is 0 Å². The van der Waals surface area contributed by atoms with Crippen LogP contribution in [0.2, 0.25) is 0 Å². The number of carboxylic acids is 1. The van der Waals surface area contributed by atoms with Gasteiger partial charge in [-0.05, 0) is 12.5 Å². The monoisotopic (exact) mass is 656 g/mol. The third-order valence-electron chi connectivity index (χ3n) is 8.51. The Bertz CT molecular complexity index is 1380. The van der Waals surface area contributed by atoms with Crippen LogP contribution in [0.15, 0.2) is 60.7 Å². The molecule has 4 aliphatic rings. The summed E-state index contributed by atoms with van der Waals surface area (Å²) in [6.07, 6.45) is -8.81. The number of aliphatic carboxylic acids is 1. The van der Waals surface area contributed by atoms with E-state index in [2.05, 4.69) is 10.6 Å². The summed E-state index contributed by atoms with van der Waals surface area (Å²) in [5.41, 5.74) is 1.72. The number of rotatable bonds is 11. The minimum atomic E-state index is -1.25. The van der Waals surface area contributed by atoms with Crippen molar-refractivity contribution in [2.45, 2.75) is 101 Å². The maximum absolute atomic E-state index is 12.7. The quantitative estimate of drug-likeness (QED) is 0.319. The molecule has 12 atom stereocenters. The molecule has 0 spiro atoms. The lowest BCUT2D eigenvalue weighted by Crippen LogP contribution is -2.69. The van der Waals surface area contributed by atoms with E-state index >= 15 is 0 Å². The van der Waals surface area contributed by atoms with E-state index in [9.17, 15) is 19.5 Å². The van der Waals surface area contributed by atoms with Crippen molar-refractivity contribution in [2.75, 3.05) is 13.2 Å². The van der Waals surface area contributed by atoms with E-state index in [1.54, 1.807) is 0 Å². The molecular formula is C33H40N2O12. The van der Waals surface area contributed by atoms with E-state index < -0.39 is 85.6 Å². The molecule has 254 valence electrons. The van der Waals surface area contributed by atoms with Crippen LogP contribution in [-0.2, 0) is 58.9 Å². The van der Waals surface area contributed by atoms with Gasteiger partial charge < -0.3 is 53.6 Å². The normalized spacial score (nSPS) is 35.3. The van der Waals surface area contributed by atoms with Crippen LogP contribution in [0, 0.1) is 0 Å². The Kier molecular flexibility index (Phi) is 10.5. The topological polar surface area (TPSA) is 169 Å². The minimum absolute atomic E-state index is 0.0925. The van der Waals surface area contributed by atoms with Crippen LogP contribution < -0.4 is 10.6 Å². The highest BCUT2D eigenvalue weighted by molar-refractivity contribution is 5.74. The first-order valence-corrected chi connectivity index (χ1v) is 15.7. The van der Waals surface area contributed by atoms with E-state index in [1.807, 2.05) is 60.7 Å². The maximum Gasteiger partial charge on any atom is 0.332 e. The second-order valence-electron chi connectivity index (χ2n) is 12.0. The van der Waals surface area contributed by atoms with Gasteiger partial charge in [-0.1, -0.05) is 60.7 Å². The average molecular weight is 657 g/mol. The van der Waals surface area contributed by atoms with Gasteiger partial charge in [0.2, 0.25) is 11.8 Å². The molecule has 14 heteroatoms. The van der Waals surface area contributed by atoms with Crippen molar-refractivity contribution < 1.29 is 57.4 Å². The molecule has 0 radical (unpaired) electrons. The largest absolute Gasteiger partial charge is 0.479 e. The molecule has 0 aromatic heterocycles. The minimum Gasteiger partial charge on any atom is -0.479 e. The van der Waals surface area contributed by atoms with Crippen LogP contribution in [0.1, 0.15) is 38.2 Å². The Morgan fingerprint density at radius 3 is 2.17 bits per heavy atom. The molecule has 0 aliphatic carbocycles. The third kappa shape index (κ3) is 7.66. The van der Waals surface area contributed by atoms with E-state index in [-0.39, 0.29) is 25.7 Å². The summed E-state index contributed by atoms with van der Waals surface area (Å²) < 4.78 is 50.0. The SMILES string of the molecule is CC(=O)N[C@H]1[C@H](O[C@H]2[C@H](O[C@H](C)C(=O)O)[C@@H](NC(C)=O)[C@@H]3OC[C@H]2O3)O[C@@H]2CO[C@@H](c3ccccc3)O[C@H]2[C@@H]1OCc1ccccc1. The number of carbonyl (C=O) groups is 3. The first-order chi connectivity index (χ1) is 22.7. The summed E-state index contributed by atoms with van der Waals surface area (Å²) in [6.45, 7) is 4.51. The Hall–Kier alpha value is -3.47. The van der Waals surface area contributed by atoms with E-state index in [0.29, 0.717) is 0 Å². The number of hydrogen-bond donors (Lipinski definition) is 3. The van der Waals surface area contributed by atoms with Gasteiger partial charge in [-0.25, -0.2) is 4.79 Å². The van der Waals surface area contributed by atoms with Gasteiger partial charge in [-0.2, -0.15) is 0 Å². The fraction of sp³-hybridized carbons (Fsp3) is 0.545. The van der Waals surface area contributed by atoms with E-state index in [1.165, 1.54) is 20.8 Å². The molecule has 3 N–H and O–H groups in total. The number of carbonyl (C=O) groups excluding carboxylic acids is 2. The maximum atomic E-state index is 12.7. The summed E-state index contributed by atoms with van der Waals surface area (Å²) in [6, 6.07) is 17.3. The zero-order valence-electron chi connectivity index (χ0n) is 26.3. The summed E-state index contributed by atoms with van der Waals surface area (Å²) in [4.78, 5) is 36.7. The zero-order valence-corrected chi connectivity index (χ0v) is 26.3. The highest BCUT2D eigenvalue weighted by Gasteiger charge is 2.57. The second-order valence-corrected chi connectivity index (χ2v) is 12.0. The number of fused-ring (bicyclic) bond motifs is 3. The molecule has 0 unspecified atom stereocenters. The predicted octanol–water partition coefficient (Wildman–Crippen LogP) is 1.42. The average Bonchev–Trinajstić information content (AvgIpc) is 3.50. The highest BCUT2D eigenvalue weighted by atomic mass is 16.8. The standard InChI is InChI=1S/C33H40N2O12/c1-17(30(38)39)43-29-25(35-19(3)37)32-42-16-23(44-32)27(29)47-33-24(34-18(2)36)28(40-14-20-10-6-4-7-11-20)26-22(45-33)15-41-31(46-26)21-12-8-5-9-13-21/h4-13,17,22-29,31-33H,14-16H2,1-3H3,(H,34,36)(H,35,37)(H,38,39)/t17-,22-,23-,24-,25-,26-,27-,28-,29-,31-,32-,33+/m1/s1.